The van der Waals surface area contributed by atoms with Gasteiger partial charge in [0.1, 0.15) is 0 Å². The minimum Gasteiger partial charge on any atom is -0.466 e. The van der Waals surface area contributed by atoms with Gasteiger partial charge in [-0.25, -0.2) is 8.42 Å². The fourth-order valence-corrected chi connectivity index (χ4v) is 8.07. The zero-order valence-electron chi connectivity index (χ0n) is 26.5. The summed E-state index contributed by atoms with van der Waals surface area (Å²) in [6.07, 6.45) is 1.93. The lowest BCUT2D eigenvalue weighted by Crippen LogP contribution is -2.47. The number of nitrogens with zero attached hydrogens (tertiary/aromatic N) is 3. The van der Waals surface area contributed by atoms with E-state index in [1.54, 1.807) is 42.2 Å². The number of carbonyl (C=O) groups excluding carboxylic acids is 3. The predicted molar refractivity (Wildman–Crippen MR) is 177 cm³/mol. The van der Waals surface area contributed by atoms with Crippen LogP contribution >= 0.6 is 0 Å². The highest BCUT2D eigenvalue weighted by molar-refractivity contribution is 7.92. The highest BCUT2D eigenvalue weighted by atomic mass is 32.2. The quantitative estimate of drug-likeness (QED) is 0.348. The second kappa shape index (κ2) is 13.2. The van der Waals surface area contributed by atoms with Gasteiger partial charge in [-0.2, -0.15) is 0 Å². The molecule has 2 aromatic carbocycles. The monoisotopic (exact) mass is 661 g/mol. The van der Waals surface area contributed by atoms with Gasteiger partial charge in [-0.1, -0.05) is 6.07 Å². The van der Waals surface area contributed by atoms with Crippen molar-refractivity contribution in [2.45, 2.75) is 50.5 Å². The Balaban J connectivity index is 1.30. The molecule has 2 bridgehead atoms. The van der Waals surface area contributed by atoms with Crippen LogP contribution < -0.4 is 20.5 Å². The molecule has 0 aliphatic carbocycles. The summed E-state index contributed by atoms with van der Waals surface area (Å²) < 4.78 is 37.2. The van der Waals surface area contributed by atoms with Gasteiger partial charge < -0.3 is 24.4 Å². The number of hydrogen-bond donors (Lipinski definition) is 2. The Labute approximate surface area is 273 Å². The van der Waals surface area contributed by atoms with Gasteiger partial charge in [0.25, 0.3) is 21.5 Å². The summed E-state index contributed by atoms with van der Waals surface area (Å²) >= 11 is 0. The predicted octanol–water partition coefficient (Wildman–Crippen LogP) is 3.65. The summed E-state index contributed by atoms with van der Waals surface area (Å²) in [4.78, 5) is 53.7. The Morgan fingerprint density at radius 1 is 0.957 bits per heavy atom. The molecular formula is C34H39N5O7S. The van der Waals surface area contributed by atoms with Crippen LogP contribution in [0.1, 0.15) is 55.1 Å². The number of benzene rings is 2. The first kappa shape index (κ1) is 32.3. The van der Waals surface area contributed by atoms with Gasteiger partial charge >= 0.3 is 5.97 Å². The van der Waals surface area contributed by atoms with Gasteiger partial charge in [-0.05, 0) is 80.6 Å². The Bertz CT molecular complexity index is 1850. The first-order valence-corrected chi connectivity index (χ1v) is 17.5. The maximum absolute atomic E-state index is 13.7. The Kier molecular flexibility index (Phi) is 9.09. The molecule has 0 unspecified atom stereocenters. The van der Waals surface area contributed by atoms with Crippen molar-refractivity contribution >= 4 is 44.9 Å². The van der Waals surface area contributed by atoms with Crippen molar-refractivity contribution in [2.75, 3.05) is 47.7 Å². The first-order valence-electron chi connectivity index (χ1n) is 16.0. The second-order valence-electron chi connectivity index (χ2n) is 12.5. The third-order valence-corrected chi connectivity index (χ3v) is 10.6. The molecule has 13 heteroatoms. The number of piperidine rings is 2. The number of pyridine rings is 1. The summed E-state index contributed by atoms with van der Waals surface area (Å²) in [5, 5.41) is 2.63. The average molecular weight is 662 g/mol. The standard InChI is InChI=1S/C34H39N5O7S/c1-3-46-34(43)24-13-15-37(16-14-24)33(42)25-7-12-31(38-19-23-17-26(21-38)30-5-4-6-32(41)39(30)20-23)29(18-25)36-47(44,45)28-10-8-27(9-11-28)35-22(2)40/h4-12,18,23-24,26,36H,3,13-17,19-21H2,1-2H3,(H,35,40)/t23-,26+/m1/s1. The van der Waals surface area contributed by atoms with E-state index in [1.807, 2.05) is 10.6 Å². The van der Waals surface area contributed by atoms with Crippen molar-refractivity contribution in [3.05, 3.63) is 82.3 Å². The normalized spacial score (nSPS) is 19.4. The molecule has 2 N–H and O–H groups in total. The molecule has 2 saturated heterocycles. The van der Waals surface area contributed by atoms with Crippen LogP contribution in [0.15, 0.2) is 70.4 Å². The Hall–Kier alpha value is -4.65. The van der Waals surface area contributed by atoms with Crippen LogP contribution in [0.5, 0.6) is 0 Å². The van der Waals surface area contributed by atoms with Gasteiger partial charge in [0.05, 0.1) is 28.8 Å². The number of aromatic nitrogens is 1. The van der Waals surface area contributed by atoms with Crippen LogP contribution in [-0.4, -0.2) is 68.5 Å². The zero-order chi connectivity index (χ0) is 33.3. The van der Waals surface area contributed by atoms with Gasteiger partial charge in [-0.3, -0.25) is 23.9 Å². The summed E-state index contributed by atoms with van der Waals surface area (Å²) in [5.74, 6) is -0.736. The first-order chi connectivity index (χ1) is 22.5. The number of fused-ring (bicyclic) bond motifs is 4. The number of esters is 1. The molecule has 3 aromatic rings. The highest BCUT2D eigenvalue weighted by Crippen LogP contribution is 2.40. The van der Waals surface area contributed by atoms with E-state index in [1.165, 1.54) is 31.2 Å². The van der Waals surface area contributed by atoms with Crippen LogP contribution in [0.3, 0.4) is 0 Å². The van der Waals surface area contributed by atoms with Gasteiger partial charge in [0.15, 0.2) is 0 Å². The SMILES string of the molecule is CCOC(=O)C1CCN(C(=O)c2ccc(N3C[C@H]4C[C@@H](C3)c3cccc(=O)n3C4)c(NS(=O)(=O)c3ccc(NC(C)=O)cc3)c2)CC1. The maximum atomic E-state index is 13.7. The van der Waals surface area contributed by atoms with Gasteiger partial charge in [0, 0.05) is 68.6 Å². The third-order valence-electron chi connectivity index (χ3n) is 9.20. The fraction of sp³-hybridized carbons (Fsp3) is 0.412. The molecule has 0 spiro atoms. The molecule has 6 rings (SSSR count). The zero-order valence-corrected chi connectivity index (χ0v) is 27.3. The number of amides is 2. The van der Waals surface area contributed by atoms with Crippen LogP contribution in [0.4, 0.5) is 17.1 Å². The van der Waals surface area contributed by atoms with E-state index in [0.717, 1.165) is 12.1 Å². The van der Waals surface area contributed by atoms with Crippen LogP contribution in [0, 0.1) is 11.8 Å². The number of ether oxygens (including phenoxy) is 1. The molecule has 3 aliphatic rings. The Morgan fingerprint density at radius 3 is 2.40 bits per heavy atom. The van der Waals surface area contributed by atoms with E-state index >= 15 is 0 Å². The summed E-state index contributed by atoms with van der Waals surface area (Å²) in [5.41, 5.74) is 2.67. The number of carbonyl (C=O) groups is 3. The molecule has 2 fully saturated rings. The summed E-state index contributed by atoms with van der Waals surface area (Å²) in [6, 6.07) is 16.3. The molecule has 2 amide bonds. The van der Waals surface area contributed by atoms with Crippen molar-refractivity contribution in [3.8, 4) is 0 Å². The molecule has 2 atom stereocenters. The van der Waals surface area contributed by atoms with E-state index in [0.29, 0.717) is 69.1 Å². The Morgan fingerprint density at radius 2 is 1.70 bits per heavy atom. The third kappa shape index (κ3) is 6.90. The van der Waals surface area contributed by atoms with Crippen LogP contribution in [0.2, 0.25) is 0 Å². The summed E-state index contributed by atoms with van der Waals surface area (Å²) in [6.45, 7) is 6.01. The molecule has 248 valence electrons. The smallest absolute Gasteiger partial charge is 0.309 e. The molecule has 3 aliphatic heterocycles. The summed E-state index contributed by atoms with van der Waals surface area (Å²) in [7, 11) is -4.09. The van der Waals surface area contributed by atoms with E-state index in [-0.39, 0.29) is 51.7 Å². The average Bonchev–Trinajstić information content (AvgIpc) is 3.05. The number of nitrogens with one attached hydrogen (secondary N) is 2. The maximum Gasteiger partial charge on any atom is 0.309 e. The van der Waals surface area contributed by atoms with Crippen LogP contribution in [0.25, 0.3) is 0 Å². The minimum atomic E-state index is -4.09. The van der Waals surface area contributed by atoms with Crippen molar-refractivity contribution in [2.24, 2.45) is 11.8 Å². The topological polar surface area (TPSA) is 147 Å². The second-order valence-corrected chi connectivity index (χ2v) is 14.1. The molecule has 1 aromatic heterocycles. The van der Waals surface area contributed by atoms with E-state index in [2.05, 4.69) is 14.9 Å². The largest absolute Gasteiger partial charge is 0.466 e. The fourth-order valence-electron chi connectivity index (χ4n) is 7.01. The number of rotatable bonds is 8. The number of likely N-dealkylation sites (tertiary alicyclic amines) is 1. The molecule has 12 nitrogen and oxygen atoms in total. The van der Waals surface area contributed by atoms with Gasteiger partial charge in [-0.15, -0.1) is 0 Å². The van der Waals surface area contributed by atoms with Gasteiger partial charge in [0.2, 0.25) is 5.91 Å². The van der Waals surface area contributed by atoms with Crippen molar-refractivity contribution in [1.29, 1.82) is 0 Å². The van der Waals surface area contributed by atoms with Crippen molar-refractivity contribution in [1.82, 2.24) is 9.47 Å². The molecule has 4 heterocycles. The minimum absolute atomic E-state index is 0.000800. The molecule has 0 radical (unpaired) electrons. The van der Waals surface area contributed by atoms with Crippen molar-refractivity contribution < 1.29 is 27.5 Å². The molecule has 47 heavy (non-hydrogen) atoms. The highest BCUT2D eigenvalue weighted by Gasteiger charge is 2.36. The lowest BCUT2D eigenvalue weighted by molar-refractivity contribution is -0.149. The molecular weight excluding hydrogens is 622 g/mol. The van der Waals surface area contributed by atoms with E-state index in [9.17, 15) is 27.6 Å². The van der Waals surface area contributed by atoms with Crippen LogP contribution in [-0.2, 0) is 30.9 Å². The molecule has 0 saturated carbocycles. The lowest BCUT2D eigenvalue weighted by Gasteiger charge is -2.44. The lowest BCUT2D eigenvalue weighted by atomic mass is 9.83. The number of anilines is 3. The van der Waals surface area contributed by atoms with E-state index in [4.69, 9.17) is 4.74 Å². The van der Waals surface area contributed by atoms with E-state index < -0.39 is 10.0 Å². The van der Waals surface area contributed by atoms with Crippen molar-refractivity contribution in [3.63, 3.8) is 0 Å². The number of hydrogen-bond acceptors (Lipinski definition) is 8. The number of sulfonamides is 1.